The Balaban J connectivity index is 1.03. The number of hydrogen-bond acceptors (Lipinski definition) is 3. The van der Waals surface area contributed by atoms with Gasteiger partial charge in [0.05, 0.1) is 16.8 Å². The topological polar surface area (TPSA) is 25.8 Å². The van der Waals surface area contributed by atoms with Gasteiger partial charge in [-0.3, -0.25) is 0 Å². The van der Waals surface area contributed by atoms with E-state index in [4.69, 9.17) is 9.97 Å². The molecule has 290 valence electrons. The Morgan fingerprint density at radius 3 is 1.34 bits per heavy atom. The smallest absolute Gasteiger partial charge is 0.160 e. The molecule has 2 heterocycles. The van der Waals surface area contributed by atoms with E-state index >= 15 is 0 Å². The summed E-state index contributed by atoms with van der Waals surface area (Å²) in [5.74, 6) is 0.690. The van der Waals surface area contributed by atoms with Crippen LogP contribution in [0.1, 0.15) is 22.3 Å². The van der Waals surface area contributed by atoms with E-state index < -0.39 is 5.41 Å². The number of nitrogens with zero attached hydrogens (tertiary/aromatic N) is 2. The molecule has 10 aromatic rings. The summed E-state index contributed by atoms with van der Waals surface area (Å²) >= 11 is 1.89. The zero-order valence-electron chi connectivity index (χ0n) is 33.7. The van der Waals surface area contributed by atoms with Crippen LogP contribution < -0.4 is 0 Å². The van der Waals surface area contributed by atoms with Gasteiger partial charge >= 0.3 is 0 Å². The molecular formula is C59H38N2S. The largest absolute Gasteiger partial charge is 0.228 e. The van der Waals surface area contributed by atoms with Crippen molar-refractivity contribution in [3.05, 3.63) is 253 Å². The highest BCUT2D eigenvalue weighted by Gasteiger charge is 2.50. The van der Waals surface area contributed by atoms with Crippen LogP contribution in [0.3, 0.4) is 0 Å². The second kappa shape index (κ2) is 14.8. The molecule has 0 atom stereocenters. The molecule has 62 heavy (non-hydrogen) atoms. The zero-order chi connectivity index (χ0) is 41.0. The van der Waals surface area contributed by atoms with E-state index in [-0.39, 0.29) is 0 Å². The van der Waals surface area contributed by atoms with Crippen molar-refractivity contribution in [1.29, 1.82) is 0 Å². The maximum atomic E-state index is 5.36. The summed E-state index contributed by atoms with van der Waals surface area (Å²) in [5.41, 5.74) is 19.3. The lowest BCUT2D eigenvalue weighted by molar-refractivity contribution is 0.723. The van der Waals surface area contributed by atoms with Crippen molar-refractivity contribution in [2.45, 2.75) is 15.2 Å². The van der Waals surface area contributed by atoms with E-state index in [0.717, 1.165) is 50.3 Å². The van der Waals surface area contributed by atoms with Gasteiger partial charge in [-0.15, -0.1) is 0 Å². The monoisotopic (exact) mass is 806 g/mol. The van der Waals surface area contributed by atoms with E-state index in [9.17, 15) is 0 Å². The molecule has 0 saturated heterocycles. The molecule has 0 bridgehead atoms. The van der Waals surface area contributed by atoms with Gasteiger partial charge in [-0.25, -0.2) is 9.97 Å². The van der Waals surface area contributed by atoms with E-state index in [1.165, 1.54) is 54.3 Å². The van der Waals surface area contributed by atoms with Crippen molar-refractivity contribution in [2.75, 3.05) is 0 Å². The molecule has 0 unspecified atom stereocenters. The van der Waals surface area contributed by atoms with Crippen molar-refractivity contribution < 1.29 is 0 Å². The van der Waals surface area contributed by atoms with Gasteiger partial charge in [0.2, 0.25) is 0 Å². The first-order valence-corrected chi connectivity index (χ1v) is 22.0. The van der Waals surface area contributed by atoms with Crippen LogP contribution in [0.2, 0.25) is 0 Å². The molecule has 1 aliphatic carbocycles. The van der Waals surface area contributed by atoms with Gasteiger partial charge in [0, 0.05) is 26.5 Å². The Morgan fingerprint density at radius 2 is 0.710 bits per heavy atom. The maximum absolute atomic E-state index is 5.36. The number of hydrogen-bond donors (Lipinski definition) is 0. The standard InChI is InChI=1S/C59H38N2S/c1-3-17-39(18-4-1)41-21-13-24-44(35-41)54-38-55(61-58(60-54)46-26-14-22-42(36-46)40-19-5-2-6-20-40)45-25-15-23-43(37-45)47-29-16-33-53-57(47)62-56-34-12-11-32-52(56)59(53)50-30-9-7-27-48(50)49-28-8-10-31-51(49)59/h1-38H. The molecule has 2 aliphatic rings. The van der Waals surface area contributed by atoms with Crippen LogP contribution in [0, 0.1) is 0 Å². The van der Waals surface area contributed by atoms with E-state index in [2.05, 4.69) is 231 Å². The average Bonchev–Trinajstić information content (AvgIpc) is 3.65. The molecule has 0 fully saturated rings. The normalized spacial score (nSPS) is 12.9. The summed E-state index contributed by atoms with van der Waals surface area (Å²) < 4.78 is 0. The minimum absolute atomic E-state index is 0.434. The van der Waals surface area contributed by atoms with Crippen LogP contribution in [-0.2, 0) is 5.41 Å². The molecule has 9 aromatic carbocycles. The van der Waals surface area contributed by atoms with Crippen molar-refractivity contribution in [2.24, 2.45) is 0 Å². The van der Waals surface area contributed by atoms with Crippen LogP contribution in [0.4, 0.5) is 0 Å². The van der Waals surface area contributed by atoms with Crippen molar-refractivity contribution >= 4 is 11.8 Å². The molecule has 0 radical (unpaired) electrons. The Labute approximate surface area is 366 Å². The molecular weight excluding hydrogens is 769 g/mol. The fourth-order valence-corrected chi connectivity index (χ4v) is 11.1. The fourth-order valence-electron chi connectivity index (χ4n) is 9.78. The second-order valence-electron chi connectivity index (χ2n) is 16.1. The summed E-state index contributed by atoms with van der Waals surface area (Å²) in [5, 5.41) is 0. The van der Waals surface area contributed by atoms with Gasteiger partial charge in [0.1, 0.15) is 0 Å². The zero-order valence-corrected chi connectivity index (χ0v) is 34.6. The third-order valence-corrected chi connectivity index (χ3v) is 13.8. The Hall–Kier alpha value is -7.59. The predicted molar refractivity (Wildman–Crippen MR) is 256 cm³/mol. The summed E-state index contributed by atoms with van der Waals surface area (Å²) in [7, 11) is 0. The Morgan fingerprint density at radius 1 is 0.290 bits per heavy atom. The number of fused-ring (bicyclic) bond motifs is 9. The van der Waals surface area contributed by atoms with Crippen LogP contribution in [0.5, 0.6) is 0 Å². The van der Waals surface area contributed by atoms with Crippen LogP contribution in [-0.4, -0.2) is 9.97 Å². The van der Waals surface area contributed by atoms with E-state index in [0.29, 0.717) is 5.82 Å². The average molecular weight is 807 g/mol. The molecule has 3 heteroatoms. The van der Waals surface area contributed by atoms with Gasteiger partial charge < -0.3 is 0 Å². The van der Waals surface area contributed by atoms with E-state index in [1.807, 2.05) is 11.8 Å². The quantitative estimate of drug-likeness (QED) is 0.167. The molecule has 0 saturated carbocycles. The summed E-state index contributed by atoms with van der Waals surface area (Å²) in [6.45, 7) is 0. The first-order chi connectivity index (χ1) is 30.7. The first-order valence-electron chi connectivity index (χ1n) is 21.1. The number of aromatic nitrogens is 2. The lowest BCUT2D eigenvalue weighted by Gasteiger charge is -2.40. The molecule has 1 aromatic heterocycles. The SMILES string of the molecule is c1ccc(-c2cccc(-c3cc(-c4cccc(-c5cccc6c5Sc5ccccc5C65c6ccccc6-c6ccccc65)c4)nc(-c4cccc(-c5ccccc5)c4)n3)c2)cc1. The van der Waals surface area contributed by atoms with E-state index in [1.54, 1.807) is 0 Å². The highest BCUT2D eigenvalue weighted by molar-refractivity contribution is 7.99. The number of benzene rings is 9. The molecule has 1 aliphatic heterocycles. The van der Waals surface area contributed by atoms with Crippen LogP contribution in [0.15, 0.2) is 240 Å². The van der Waals surface area contributed by atoms with Crippen molar-refractivity contribution in [1.82, 2.24) is 9.97 Å². The van der Waals surface area contributed by atoms with Crippen LogP contribution in [0.25, 0.3) is 78.4 Å². The van der Waals surface area contributed by atoms with Gasteiger partial charge in [0.15, 0.2) is 5.82 Å². The summed E-state index contributed by atoms with van der Waals surface area (Å²) in [4.78, 5) is 13.2. The second-order valence-corrected chi connectivity index (χ2v) is 17.1. The van der Waals surface area contributed by atoms with Crippen molar-refractivity contribution in [3.8, 4) is 78.4 Å². The summed E-state index contributed by atoms with van der Waals surface area (Å²) in [6.07, 6.45) is 0. The Bertz CT molecular complexity index is 3190. The third-order valence-electron chi connectivity index (χ3n) is 12.6. The summed E-state index contributed by atoms with van der Waals surface area (Å²) in [6, 6.07) is 83.3. The van der Waals surface area contributed by atoms with Crippen LogP contribution >= 0.6 is 11.8 Å². The highest BCUT2D eigenvalue weighted by atomic mass is 32.2. The third kappa shape index (κ3) is 5.89. The van der Waals surface area contributed by atoms with Gasteiger partial charge in [-0.2, -0.15) is 0 Å². The lowest BCUT2D eigenvalue weighted by atomic mass is 9.67. The fraction of sp³-hybridized carbons (Fsp3) is 0.0169. The molecule has 1 spiro atoms. The molecule has 0 N–H and O–H groups in total. The molecule has 2 nitrogen and oxygen atoms in total. The van der Waals surface area contributed by atoms with Gasteiger partial charge in [0.25, 0.3) is 0 Å². The van der Waals surface area contributed by atoms with Gasteiger partial charge in [-0.1, -0.05) is 212 Å². The number of rotatable bonds is 6. The predicted octanol–water partition coefficient (Wildman–Crippen LogP) is 15.3. The Kier molecular flexibility index (Phi) is 8.69. The molecule has 0 amide bonds. The maximum Gasteiger partial charge on any atom is 0.160 e. The first kappa shape index (κ1) is 36.3. The minimum Gasteiger partial charge on any atom is -0.228 e. The lowest BCUT2D eigenvalue weighted by Crippen LogP contribution is -2.32. The molecule has 12 rings (SSSR count). The van der Waals surface area contributed by atoms with Gasteiger partial charge in [-0.05, 0) is 97.1 Å². The van der Waals surface area contributed by atoms with Crippen molar-refractivity contribution in [3.63, 3.8) is 0 Å². The highest BCUT2D eigenvalue weighted by Crippen LogP contribution is 2.63. The minimum atomic E-state index is -0.434.